The Labute approximate surface area is 130 Å². The van der Waals surface area contributed by atoms with Gasteiger partial charge in [0.1, 0.15) is 0 Å². The predicted octanol–water partition coefficient (Wildman–Crippen LogP) is 3.35. The molecule has 1 unspecified atom stereocenters. The third-order valence-corrected chi connectivity index (χ3v) is 5.39. The number of hydrogen-bond acceptors (Lipinski definition) is 4. The molecule has 1 aliphatic heterocycles. The van der Waals surface area contributed by atoms with Crippen LogP contribution in [0.15, 0.2) is 29.4 Å². The van der Waals surface area contributed by atoms with E-state index in [9.17, 15) is 21.6 Å². The Morgan fingerprint density at radius 1 is 1.32 bits per heavy atom. The maximum atomic E-state index is 12.5. The molecule has 22 heavy (non-hydrogen) atoms. The van der Waals surface area contributed by atoms with Crippen LogP contribution in [0.4, 0.5) is 13.2 Å². The molecule has 0 aromatic heterocycles. The minimum Gasteiger partial charge on any atom is -0.387 e. The lowest BCUT2D eigenvalue weighted by Crippen LogP contribution is -2.28. The number of sulfone groups is 1. The van der Waals surface area contributed by atoms with E-state index in [1.165, 1.54) is 0 Å². The van der Waals surface area contributed by atoms with Crippen LogP contribution >= 0.6 is 11.6 Å². The second-order valence-electron chi connectivity index (χ2n) is 5.29. The van der Waals surface area contributed by atoms with Crippen LogP contribution in [0.1, 0.15) is 24.5 Å². The van der Waals surface area contributed by atoms with Gasteiger partial charge >= 0.3 is 6.18 Å². The van der Waals surface area contributed by atoms with Crippen LogP contribution in [0.5, 0.6) is 0 Å². The first-order valence-electron chi connectivity index (χ1n) is 6.26. The molecule has 0 spiro atoms. The summed E-state index contributed by atoms with van der Waals surface area (Å²) in [5, 5.41) is 3.41. The van der Waals surface area contributed by atoms with E-state index in [1.54, 1.807) is 6.92 Å². The summed E-state index contributed by atoms with van der Waals surface area (Å²) in [6.07, 6.45) is -4.41. The summed E-state index contributed by atoms with van der Waals surface area (Å²) in [5.74, 6) is -0.360. The number of halogens is 4. The van der Waals surface area contributed by atoms with Gasteiger partial charge in [-0.05, 0) is 24.6 Å². The third-order valence-electron chi connectivity index (χ3n) is 3.17. The molecule has 1 aromatic carbocycles. The smallest absolute Gasteiger partial charge is 0.387 e. The van der Waals surface area contributed by atoms with Gasteiger partial charge in [-0.2, -0.15) is 13.2 Å². The van der Waals surface area contributed by atoms with Gasteiger partial charge in [0.15, 0.2) is 20.5 Å². The van der Waals surface area contributed by atoms with E-state index >= 15 is 0 Å². The zero-order valence-electron chi connectivity index (χ0n) is 11.5. The van der Waals surface area contributed by atoms with Gasteiger partial charge in [-0.3, -0.25) is 0 Å². The van der Waals surface area contributed by atoms with Gasteiger partial charge in [-0.1, -0.05) is 17.3 Å². The van der Waals surface area contributed by atoms with E-state index in [-0.39, 0.29) is 22.9 Å². The summed E-state index contributed by atoms with van der Waals surface area (Å²) >= 11 is 5.69. The quantitative estimate of drug-likeness (QED) is 0.781. The average molecular weight is 356 g/mol. The second-order valence-corrected chi connectivity index (χ2v) is 7.55. The lowest BCUT2D eigenvalue weighted by Gasteiger charge is -2.16. The maximum absolute atomic E-state index is 12.5. The first kappa shape index (κ1) is 17.1. The summed E-state index contributed by atoms with van der Waals surface area (Å²) in [4.78, 5) is 5.02. The number of nitrogens with zero attached hydrogens (tertiary/aromatic N) is 1. The molecule has 9 heteroatoms. The van der Waals surface area contributed by atoms with Crippen molar-refractivity contribution in [2.24, 2.45) is 5.16 Å². The summed E-state index contributed by atoms with van der Waals surface area (Å²) in [5.41, 5.74) is -1.45. The van der Waals surface area contributed by atoms with Crippen LogP contribution in [0.2, 0.25) is 0 Å². The molecule has 1 heterocycles. The van der Waals surface area contributed by atoms with Crippen LogP contribution in [0.3, 0.4) is 0 Å². The Hall–Kier alpha value is -1.28. The van der Waals surface area contributed by atoms with Crippen LogP contribution in [0.25, 0.3) is 0 Å². The number of alkyl halides is 4. The fourth-order valence-corrected chi connectivity index (χ4v) is 3.49. The molecule has 1 atom stereocenters. The van der Waals surface area contributed by atoms with Crippen molar-refractivity contribution in [2.75, 3.05) is 5.88 Å². The van der Waals surface area contributed by atoms with Crippen molar-refractivity contribution in [1.82, 2.24) is 0 Å². The molecule has 1 aromatic rings. The molecule has 4 nitrogen and oxygen atoms in total. The van der Waals surface area contributed by atoms with Crippen LogP contribution in [-0.4, -0.2) is 24.9 Å². The molecular weight excluding hydrogens is 343 g/mol. The van der Waals surface area contributed by atoms with Gasteiger partial charge < -0.3 is 4.84 Å². The minimum absolute atomic E-state index is 0.0411. The van der Waals surface area contributed by atoms with Crippen LogP contribution < -0.4 is 0 Å². The lowest BCUT2D eigenvalue weighted by atomic mass is 10.1. The zero-order chi connectivity index (χ0) is 16.6. The van der Waals surface area contributed by atoms with E-state index < -0.39 is 32.9 Å². The Morgan fingerprint density at radius 3 is 2.36 bits per heavy atom. The summed E-state index contributed by atoms with van der Waals surface area (Å²) in [6, 6.07) is 3.97. The standard InChI is InChI=1S/C13H13ClF3NO3S/c1-12(8-14)6-11(18-21-12)22(19,20)7-9-2-4-10(5-3-9)13(15,16)17/h2-5H,6-8H2,1H3. The van der Waals surface area contributed by atoms with Gasteiger partial charge in [0.2, 0.25) is 0 Å². The summed E-state index contributed by atoms with van der Waals surface area (Å²) < 4.78 is 61.8. The molecule has 1 aliphatic rings. The molecular formula is C13H13ClF3NO3S. The highest BCUT2D eigenvalue weighted by Gasteiger charge is 2.39. The van der Waals surface area contributed by atoms with Crippen molar-refractivity contribution in [3.8, 4) is 0 Å². The van der Waals surface area contributed by atoms with E-state index in [2.05, 4.69) is 5.16 Å². The van der Waals surface area contributed by atoms with Crippen molar-refractivity contribution in [3.05, 3.63) is 35.4 Å². The molecule has 0 amide bonds. The molecule has 0 fully saturated rings. The van der Waals surface area contributed by atoms with Gasteiger partial charge in [-0.25, -0.2) is 8.42 Å². The number of benzene rings is 1. The Bertz CT molecular complexity index is 685. The Morgan fingerprint density at radius 2 is 1.91 bits per heavy atom. The van der Waals surface area contributed by atoms with Crippen molar-refractivity contribution in [3.63, 3.8) is 0 Å². The topological polar surface area (TPSA) is 55.7 Å². The molecule has 0 bridgehead atoms. The van der Waals surface area contributed by atoms with Gasteiger partial charge in [0, 0.05) is 6.42 Å². The summed E-state index contributed by atoms with van der Waals surface area (Å²) in [7, 11) is -3.76. The highest BCUT2D eigenvalue weighted by atomic mass is 35.5. The third kappa shape index (κ3) is 3.73. The first-order chi connectivity index (χ1) is 10.1. The largest absolute Gasteiger partial charge is 0.416 e. The molecule has 0 N–H and O–H groups in total. The summed E-state index contributed by atoms with van der Waals surface area (Å²) in [6.45, 7) is 1.63. The van der Waals surface area contributed by atoms with Crippen molar-refractivity contribution in [2.45, 2.75) is 30.9 Å². The first-order valence-corrected chi connectivity index (χ1v) is 8.44. The maximum Gasteiger partial charge on any atom is 0.416 e. The average Bonchev–Trinajstić information content (AvgIpc) is 2.82. The van der Waals surface area contributed by atoms with Gasteiger partial charge in [0.25, 0.3) is 0 Å². The van der Waals surface area contributed by atoms with Crippen molar-refractivity contribution < 1.29 is 26.4 Å². The fraction of sp³-hybridized carbons (Fsp3) is 0.462. The van der Waals surface area contributed by atoms with E-state index in [0.717, 1.165) is 24.3 Å². The molecule has 0 radical (unpaired) electrons. The van der Waals surface area contributed by atoms with Gasteiger partial charge in [0.05, 0.1) is 17.2 Å². The number of hydrogen-bond donors (Lipinski definition) is 0. The molecule has 0 saturated carbocycles. The number of oxime groups is 1. The van der Waals surface area contributed by atoms with Crippen LogP contribution in [-0.2, 0) is 26.6 Å². The molecule has 0 aliphatic carbocycles. The highest BCUT2D eigenvalue weighted by molar-refractivity contribution is 8.05. The van der Waals surface area contributed by atoms with Crippen LogP contribution in [0, 0.1) is 0 Å². The Balaban J connectivity index is 2.13. The molecule has 2 rings (SSSR count). The fourth-order valence-electron chi connectivity index (χ4n) is 1.88. The highest BCUT2D eigenvalue weighted by Crippen LogP contribution is 2.30. The predicted molar refractivity (Wildman–Crippen MR) is 76.3 cm³/mol. The second kappa shape index (κ2) is 5.73. The monoisotopic (exact) mass is 355 g/mol. The Kier molecular flexibility index (Phi) is 4.45. The SMILES string of the molecule is CC1(CCl)CC(S(=O)(=O)Cc2ccc(C(F)(F)F)cc2)=NO1. The van der Waals surface area contributed by atoms with Gasteiger partial charge in [-0.15, -0.1) is 11.6 Å². The van der Waals surface area contributed by atoms with E-state index in [4.69, 9.17) is 16.4 Å². The van der Waals surface area contributed by atoms with Crippen molar-refractivity contribution >= 4 is 26.5 Å². The minimum atomic E-state index is -4.46. The van der Waals surface area contributed by atoms with E-state index in [1.807, 2.05) is 0 Å². The normalized spacial score (nSPS) is 22.3. The molecule has 0 saturated heterocycles. The van der Waals surface area contributed by atoms with Crippen molar-refractivity contribution in [1.29, 1.82) is 0 Å². The molecule has 122 valence electrons. The zero-order valence-corrected chi connectivity index (χ0v) is 13.1. The van der Waals surface area contributed by atoms with E-state index in [0.29, 0.717) is 0 Å². The number of rotatable bonds is 3. The lowest BCUT2D eigenvalue weighted by molar-refractivity contribution is -0.137.